The Balaban J connectivity index is 1.83. The van der Waals surface area contributed by atoms with E-state index in [0.717, 1.165) is 30.4 Å². The van der Waals surface area contributed by atoms with Gasteiger partial charge in [0, 0.05) is 38.3 Å². The van der Waals surface area contributed by atoms with Gasteiger partial charge in [0.05, 0.1) is 16.6 Å². The Morgan fingerprint density at radius 2 is 1.68 bits per heavy atom. The molecule has 1 saturated heterocycles. The minimum Gasteiger partial charge on any atom is -0.342 e. The summed E-state index contributed by atoms with van der Waals surface area (Å²) < 4.78 is 27.0. The quantitative estimate of drug-likeness (QED) is 0.325. The number of nitrogens with two attached hydrogens (primary N) is 3. The minimum atomic E-state index is -3.83. The maximum atomic E-state index is 13.7. The molecule has 1 atom stereocenters. The number of piperidine rings is 1. The zero-order chi connectivity index (χ0) is 26.8. The summed E-state index contributed by atoms with van der Waals surface area (Å²) in [7, 11) is -3.83. The monoisotopic (exact) mass is 529 g/mol. The molecule has 0 bridgehead atoms. The lowest BCUT2D eigenvalue weighted by atomic mass is 9.92. The van der Waals surface area contributed by atoms with Gasteiger partial charge in [0.1, 0.15) is 0 Å². The van der Waals surface area contributed by atoms with E-state index in [9.17, 15) is 18.0 Å². The van der Waals surface area contributed by atoms with E-state index in [1.54, 1.807) is 17.0 Å². The molecule has 1 heterocycles. The van der Waals surface area contributed by atoms with Gasteiger partial charge >= 0.3 is 0 Å². The molecule has 1 aliphatic rings. The summed E-state index contributed by atoms with van der Waals surface area (Å²) in [5.41, 5.74) is 19.1. The average molecular weight is 530 g/mol. The van der Waals surface area contributed by atoms with Crippen LogP contribution in [0.2, 0.25) is 0 Å². The molecule has 37 heavy (non-hydrogen) atoms. The van der Waals surface area contributed by atoms with E-state index in [1.165, 1.54) is 12.1 Å². The molecule has 2 aromatic rings. The summed E-state index contributed by atoms with van der Waals surface area (Å²) >= 11 is 0. The van der Waals surface area contributed by atoms with Crippen LogP contribution in [0.4, 0.5) is 5.69 Å². The van der Waals surface area contributed by atoms with Crippen LogP contribution in [0, 0.1) is 11.8 Å². The van der Waals surface area contributed by atoms with E-state index in [0.29, 0.717) is 44.2 Å². The summed E-state index contributed by atoms with van der Waals surface area (Å²) in [5, 5.41) is 2.67. The maximum Gasteiger partial charge on any atom is 0.227 e. The standard InChI is InChI=1S/C27H39N5O4S/c28-11-7-20-9-13-32(14-10-20)27(34)23(16-21-3-1-4-22(15-21)18-30)19-37(35,36)25-6-2-5-24(17-25)31-26(33)8-12-29/h1-6,15,17,20,23H,7-14,16,18-19,28-30H2,(H,31,33)/t23-/m1/s1. The van der Waals surface area contributed by atoms with Gasteiger partial charge in [-0.05, 0) is 67.5 Å². The number of carbonyl (C=O) groups excluding carboxylic acids is 2. The third-order valence-corrected chi connectivity index (χ3v) is 8.64. The van der Waals surface area contributed by atoms with Crippen molar-refractivity contribution in [1.82, 2.24) is 4.90 Å². The Hall–Kier alpha value is -2.79. The van der Waals surface area contributed by atoms with Crippen molar-refractivity contribution < 1.29 is 18.0 Å². The van der Waals surface area contributed by atoms with Crippen molar-refractivity contribution in [1.29, 1.82) is 0 Å². The van der Waals surface area contributed by atoms with Crippen LogP contribution in [0.3, 0.4) is 0 Å². The second-order valence-corrected chi connectivity index (χ2v) is 11.7. The highest BCUT2D eigenvalue weighted by molar-refractivity contribution is 7.91. The number of hydrogen-bond donors (Lipinski definition) is 4. The number of carbonyl (C=O) groups is 2. The average Bonchev–Trinajstić information content (AvgIpc) is 2.89. The van der Waals surface area contributed by atoms with Crippen LogP contribution in [0.5, 0.6) is 0 Å². The number of nitrogens with zero attached hydrogens (tertiary/aromatic N) is 1. The number of rotatable bonds is 12. The lowest BCUT2D eigenvalue weighted by molar-refractivity contribution is -0.136. The largest absolute Gasteiger partial charge is 0.342 e. The van der Waals surface area contributed by atoms with Gasteiger partial charge in [-0.1, -0.05) is 30.3 Å². The third-order valence-electron chi connectivity index (χ3n) is 6.83. The molecule has 202 valence electrons. The highest BCUT2D eigenvalue weighted by Crippen LogP contribution is 2.25. The lowest BCUT2D eigenvalue weighted by Gasteiger charge is -2.34. The van der Waals surface area contributed by atoms with Crippen molar-refractivity contribution in [3.8, 4) is 0 Å². The smallest absolute Gasteiger partial charge is 0.227 e. The van der Waals surface area contributed by atoms with Crippen LogP contribution in [-0.4, -0.2) is 57.1 Å². The van der Waals surface area contributed by atoms with Crippen molar-refractivity contribution in [2.75, 3.05) is 37.2 Å². The van der Waals surface area contributed by atoms with Gasteiger partial charge in [0.25, 0.3) is 0 Å². The Bertz CT molecular complexity index is 1160. The minimum absolute atomic E-state index is 0.0632. The molecular formula is C27H39N5O4S. The van der Waals surface area contributed by atoms with Crippen molar-refractivity contribution in [2.24, 2.45) is 29.0 Å². The fourth-order valence-electron chi connectivity index (χ4n) is 4.80. The predicted octanol–water partition coefficient (Wildman–Crippen LogP) is 1.65. The maximum absolute atomic E-state index is 13.7. The van der Waals surface area contributed by atoms with Crippen molar-refractivity contribution >= 4 is 27.3 Å². The van der Waals surface area contributed by atoms with Crippen molar-refractivity contribution in [2.45, 2.75) is 43.5 Å². The zero-order valence-electron chi connectivity index (χ0n) is 21.3. The van der Waals surface area contributed by atoms with E-state index < -0.39 is 15.8 Å². The van der Waals surface area contributed by atoms with Gasteiger partial charge in [-0.3, -0.25) is 9.59 Å². The summed E-state index contributed by atoms with van der Waals surface area (Å²) in [6.45, 7) is 2.39. The van der Waals surface area contributed by atoms with Gasteiger partial charge in [-0.2, -0.15) is 0 Å². The molecule has 0 spiro atoms. The molecule has 0 radical (unpaired) electrons. The molecule has 0 aromatic heterocycles. The fraction of sp³-hybridized carbons (Fsp3) is 0.481. The number of amides is 2. The Morgan fingerprint density at radius 1 is 0.973 bits per heavy atom. The number of hydrogen-bond acceptors (Lipinski definition) is 7. The van der Waals surface area contributed by atoms with Crippen LogP contribution >= 0.6 is 0 Å². The number of likely N-dealkylation sites (tertiary alicyclic amines) is 1. The number of benzene rings is 2. The van der Waals surface area contributed by atoms with E-state index in [1.807, 2.05) is 24.3 Å². The van der Waals surface area contributed by atoms with Crippen LogP contribution in [0.15, 0.2) is 53.4 Å². The van der Waals surface area contributed by atoms with Crippen molar-refractivity contribution in [3.63, 3.8) is 0 Å². The first-order chi connectivity index (χ1) is 17.7. The first kappa shape index (κ1) is 28.8. The molecule has 2 amide bonds. The van der Waals surface area contributed by atoms with Gasteiger partial charge in [0.15, 0.2) is 9.84 Å². The zero-order valence-corrected chi connectivity index (χ0v) is 22.1. The predicted molar refractivity (Wildman–Crippen MR) is 145 cm³/mol. The second-order valence-electron chi connectivity index (χ2n) is 9.67. The second kappa shape index (κ2) is 13.7. The first-order valence-corrected chi connectivity index (χ1v) is 14.5. The molecule has 10 heteroatoms. The number of anilines is 1. The highest BCUT2D eigenvalue weighted by Gasteiger charge is 2.32. The van der Waals surface area contributed by atoms with Crippen LogP contribution in [0.25, 0.3) is 0 Å². The van der Waals surface area contributed by atoms with E-state index >= 15 is 0 Å². The first-order valence-electron chi connectivity index (χ1n) is 12.8. The molecular weight excluding hydrogens is 490 g/mol. The Kier molecular flexibility index (Phi) is 10.6. The van der Waals surface area contributed by atoms with Crippen LogP contribution < -0.4 is 22.5 Å². The summed E-state index contributed by atoms with van der Waals surface area (Å²) in [5.74, 6) is -1.03. The molecule has 1 aliphatic heterocycles. The van der Waals surface area contributed by atoms with Crippen LogP contribution in [-0.2, 0) is 32.4 Å². The van der Waals surface area contributed by atoms with Gasteiger partial charge in [-0.15, -0.1) is 0 Å². The van der Waals surface area contributed by atoms with Gasteiger partial charge in [0.2, 0.25) is 11.8 Å². The molecule has 9 nitrogen and oxygen atoms in total. The third kappa shape index (κ3) is 8.36. The molecule has 0 unspecified atom stereocenters. The fourth-order valence-corrected chi connectivity index (χ4v) is 6.38. The van der Waals surface area contributed by atoms with Crippen molar-refractivity contribution in [3.05, 3.63) is 59.7 Å². The van der Waals surface area contributed by atoms with E-state index in [2.05, 4.69) is 5.32 Å². The van der Waals surface area contributed by atoms with Crippen LogP contribution in [0.1, 0.15) is 36.8 Å². The van der Waals surface area contributed by atoms with Gasteiger partial charge in [-0.25, -0.2) is 8.42 Å². The normalized spacial score (nSPS) is 15.4. The summed E-state index contributed by atoms with van der Waals surface area (Å²) in [6, 6.07) is 13.7. The van der Waals surface area contributed by atoms with E-state index in [-0.39, 0.29) is 35.4 Å². The Morgan fingerprint density at radius 3 is 2.35 bits per heavy atom. The van der Waals surface area contributed by atoms with Gasteiger partial charge < -0.3 is 27.4 Å². The summed E-state index contributed by atoms with van der Waals surface area (Å²) in [4.78, 5) is 27.4. The molecule has 0 saturated carbocycles. The molecule has 0 aliphatic carbocycles. The topological polar surface area (TPSA) is 162 Å². The molecule has 2 aromatic carbocycles. The molecule has 3 rings (SSSR count). The SMILES string of the molecule is NCCC(=O)Nc1cccc(S(=O)(=O)C[C@@H](Cc2cccc(CN)c2)C(=O)N2CCC(CCN)CC2)c1. The van der Waals surface area contributed by atoms with E-state index in [4.69, 9.17) is 17.2 Å². The number of nitrogens with one attached hydrogen (secondary N) is 1. The highest BCUT2D eigenvalue weighted by atomic mass is 32.2. The molecule has 7 N–H and O–H groups in total. The summed E-state index contributed by atoms with van der Waals surface area (Å²) in [6.07, 6.45) is 3.11. The number of sulfone groups is 1. The lowest BCUT2D eigenvalue weighted by Crippen LogP contribution is -2.44. The molecule has 1 fully saturated rings. The Labute approximate surface area is 219 Å².